The summed E-state index contributed by atoms with van der Waals surface area (Å²) in [7, 11) is 0. The van der Waals surface area contributed by atoms with Crippen LogP contribution in [0.25, 0.3) is 22.9 Å². The lowest BCUT2D eigenvalue weighted by atomic mass is 10.2. The Bertz CT molecular complexity index is 1010. The molecule has 0 fully saturated rings. The maximum atomic E-state index is 12.0. The number of likely N-dealkylation sites (N-methyl/N-ethyl adjacent to an activating group) is 1. The van der Waals surface area contributed by atoms with Gasteiger partial charge < -0.3 is 9.73 Å². The van der Waals surface area contributed by atoms with Gasteiger partial charge in [0.05, 0.1) is 5.69 Å². The van der Waals surface area contributed by atoms with E-state index in [4.69, 9.17) is 16.0 Å². The molecule has 0 saturated carbocycles. The Balaban J connectivity index is 1.97. The molecular formula is C18H17ClN4O3. The fraction of sp³-hybridized carbons (Fsp3) is 0.222. The molecule has 1 amide bonds. The van der Waals surface area contributed by atoms with Crippen molar-refractivity contribution in [1.82, 2.24) is 20.1 Å². The van der Waals surface area contributed by atoms with Crippen LogP contribution < -0.4 is 10.9 Å². The normalized spacial score (nSPS) is 10.7. The zero-order valence-electron chi connectivity index (χ0n) is 14.3. The van der Waals surface area contributed by atoms with Crippen molar-refractivity contribution in [1.29, 1.82) is 0 Å². The summed E-state index contributed by atoms with van der Waals surface area (Å²) in [5.74, 6) is 0.557. The van der Waals surface area contributed by atoms with Gasteiger partial charge in [0.2, 0.25) is 11.8 Å². The molecule has 7 nitrogen and oxygen atoms in total. The summed E-state index contributed by atoms with van der Waals surface area (Å²) < 4.78 is 6.94. The Morgan fingerprint density at radius 3 is 2.85 bits per heavy atom. The molecule has 0 aliphatic carbocycles. The van der Waals surface area contributed by atoms with Crippen LogP contribution in [-0.2, 0) is 11.3 Å². The van der Waals surface area contributed by atoms with Crippen LogP contribution in [0.3, 0.4) is 0 Å². The number of hydrogen-bond donors (Lipinski definition) is 1. The van der Waals surface area contributed by atoms with Gasteiger partial charge in [-0.2, -0.15) is 5.10 Å². The number of halogens is 1. The number of benzene rings is 1. The molecule has 0 radical (unpaired) electrons. The monoisotopic (exact) mass is 372 g/mol. The Kier molecular flexibility index (Phi) is 5.18. The van der Waals surface area contributed by atoms with Crippen molar-refractivity contribution in [2.45, 2.75) is 20.4 Å². The number of nitrogens with zero attached hydrogens (tertiary/aromatic N) is 3. The number of carbonyl (C=O) groups is 1. The van der Waals surface area contributed by atoms with E-state index in [1.54, 1.807) is 32.0 Å². The summed E-state index contributed by atoms with van der Waals surface area (Å²) in [6, 6.07) is 10.1. The maximum absolute atomic E-state index is 12.0. The van der Waals surface area contributed by atoms with E-state index in [0.29, 0.717) is 34.6 Å². The highest BCUT2D eigenvalue weighted by molar-refractivity contribution is 6.30. The maximum Gasteiger partial charge on any atom is 0.267 e. The second-order valence-corrected chi connectivity index (χ2v) is 6.05. The number of carbonyl (C=O) groups excluding carboxylic acids is 1. The predicted molar refractivity (Wildman–Crippen MR) is 97.9 cm³/mol. The van der Waals surface area contributed by atoms with Crippen molar-refractivity contribution < 1.29 is 9.21 Å². The second-order valence-electron chi connectivity index (χ2n) is 5.61. The van der Waals surface area contributed by atoms with Crippen LogP contribution in [0.1, 0.15) is 12.6 Å². The number of aryl methyl sites for hydroxylation is 1. The van der Waals surface area contributed by atoms with Crippen LogP contribution >= 0.6 is 11.6 Å². The summed E-state index contributed by atoms with van der Waals surface area (Å²) in [4.78, 5) is 28.1. The summed E-state index contributed by atoms with van der Waals surface area (Å²) in [6.07, 6.45) is 0. The molecule has 0 spiro atoms. The Morgan fingerprint density at radius 2 is 2.12 bits per heavy atom. The van der Waals surface area contributed by atoms with Crippen LogP contribution in [0.2, 0.25) is 5.02 Å². The molecule has 2 heterocycles. The van der Waals surface area contributed by atoms with Crippen LogP contribution in [0.15, 0.2) is 45.6 Å². The van der Waals surface area contributed by atoms with Crippen molar-refractivity contribution >= 4 is 17.5 Å². The number of oxazole rings is 1. The lowest BCUT2D eigenvalue weighted by molar-refractivity contribution is -0.121. The minimum atomic E-state index is -0.368. The van der Waals surface area contributed by atoms with Crippen molar-refractivity contribution in [3.8, 4) is 22.9 Å². The van der Waals surface area contributed by atoms with Gasteiger partial charge in [0.1, 0.15) is 12.2 Å². The molecule has 0 unspecified atom stereocenters. The van der Waals surface area contributed by atoms with Crippen LogP contribution in [-0.4, -0.2) is 27.2 Å². The molecule has 26 heavy (non-hydrogen) atoms. The molecule has 0 saturated heterocycles. The lowest BCUT2D eigenvalue weighted by Crippen LogP contribution is -2.33. The Hall–Kier alpha value is -2.93. The number of rotatable bonds is 5. The molecule has 8 heteroatoms. The average molecular weight is 373 g/mol. The first-order valence-electron chi connectivity index (χ1n) is 8.06. The largest absolute Gasteiger partial charge is 0.434 e. The molecule has 0 atom stereocenters. The van der Waals surface area contributed by atoms with E-state index in [2.05, 4.69) is 15.4 Å². The van der Waals surface area contributed by atoms with E-state index in [9.17, 15) is 9.59 Å². The first-order valence-corrected chi connectivity index (χ1v) is 8.44. The van der Waals surface area contributed by atoms with E-state index in [1.165, 1.54) is 6.07 Å². The van der Waals surface area contributed by atoms with Gasteiger partial charge in [0.15, 0.2) is 5.76 Å². The molecule has 1 aromatic carbocycles. The highest BCUT2D eigenvalue weighted by Crippen LogP contribution is 2.29. The molecular weight excluding hydrogens is 356 g/mol. The van der Waals surface area contributed by atoms with E-state index in [1.807, 2.05) is 12.1 Å². The molecule has 3 aromatic rings. The van der Waals surface area contributed by atoms with Gasteiger partial charge in [0.25, 0.3) is 5.56 Å². The predicted octanol–water partition coefficient (Wildman–Crippen LogP) is 2.66. The van der Waals surface area contributed by atoms with E-state index in [-0.39, 0.29) is 18.0 Å². The second kappa shape index (κ2) is 7.53. The topological polar surface area (TPSA) is 90.0 Å². The van der Waals surface area contributed by atoms with Crippen molar-refractivity contribution in [3.05, 3.63) is 57.5 Å². The van der Waals surface area contributed by atoms with Crippen LogP contribution in [0, 0.1) is 6.92 Å². The molecule has 2 aromatic heterocycles. The van der Waals surface area contributed by atoms with Gasteiger partial charge in [0, 0.05) is 23.2 Å². The van der Waals surface area contributed by atoms with Gasteiger partial charge in [-0.1, -0.05) is 17.7 Å². The standard InChI is InChI=1S/C18H17ClN4O3/c1-3-20-15(24)10-23-16(25)8-7-14(22-23)17-11(2)21-18(26-17)12-5-4-6-13(19)9-12/h4-9H,3,10H2,1-2H3,(H,20,24). The highest BCUT2D eigenvalue weighted by Gasteiger charge is 2.16. The number of amides is 1. The number of hydrogen-bond acceptors (Lipinski definition) is 5. The van der Waals surface area contributed by atoms with Gasteiger partial charge in [-0.3, -0.25) is 9.59 Å². The molecule has 0 aliphatic rings. The Labute approximate surface area is 154 Å². The summed E-state index contributed by atoms with van der Waals surface area (Å²) in [6.45, 7) is 3.92. The summed E-state index contributed by atoms with van der Waals surface area (Å²) >= 11 is 6.01. The zero-order chi connectivity index (χ0) is 18.7. The minimum absolute atomic E-state index is 0.158. The SMILES string of the molecule is CCNC(=O)Cn1nc(-c2oc(-c3cccc(Cl)c3)nc2C)ccc1=O. The fourth-order valence-electron chi connectivity index (χ4n) is 2.45. The molecule has 0 aliphatic heterocycles. The molecule has 3 rings (SSSR count). The fourth-order valence-corrected chi connectivity index (χ4v) is 2.64. The average Bonchev–Trinajstić information content (AvgIpc) is 2.99. The van der Waals surface area contributed by atoms with Gasteiger partial charge >= 0.3 is 0 Å². The van der Waals surface area contributed by atoms with Crippen LogP contribution in [0.4, 0.5) is 0 Å². The third kappa shape index (κ3) is 3.83. The number of nitrogens with one attached hydrogen (secondary N) is 1. The summed E-state index contributed by atoms with van der Waals surface area (Å²) in [5.41, 5.74) is 1.41. The van der Waals surface area contributed by atoms with Gasteiger partial charge in [-0.25, -0.2) is 9.67 Å². The highest BCUT2D eigenvalue weighted by atomic mass is 35.5. The van der Waals surface area contributed by atoms with Crippen molar-refractivity contribution in [2.24, 2.45) is 0 Å². The smallest absolute Gasteiger partial charge is 0.267 e. The summed E-state index contributed by atoms with van der Waals surface area (Å²) in [5, 5.41) is 7.45. The van der Waals surface area contributed by atoms with Crippen LogP contribution in [0.5, 0.6) is 0 Å². The Morgan fingerprint density at radius 1 is 1.31 bits per heavy atom. The van der Waals surface area contributed by atoms with Crippen molar-refractivity contribution in [3.63, 3.8) is 0 Å². The lowest BCUT2D eigenvalue weighted by Gasteiger charge is -2.06. The third-order valence-electron chi connectivity index (χ3n) is 3.63. The van der Waals surface area contributed by atoms with E-state index in [0.717, 1.165) is 10.2 Å². The first kappa shape index (κ1) is 17.9. The van der Waals surface area contributed by atoms with E-state index >= 15 is 0 Å². The minimum Gasteiger partial charge on any atom is -0.434 e. The first-order chi connectivity index (χ1) is 12.5. The zero-order valence-corrected chi connectivity index (χ0v) is 15.1. The van der Waals surface area contributed by atoms with Gasteiger partial charge in [-0.05, 0) is 38.1 Å². The van der Waals surface area contributed by atoms with E-state index < -0.39 is 0 Å². The quantitative estimate of drug-likeness (QED) is 0.743. The van der Waals surface area contributed by atoms with Crippen molar-refractivity contribution in [2.75, 3.05) is 6.54 Å². The van der Waals surface area contributed by atoms with Gasteiger partial charge in [-0.15, -0.1) is 0 Å². The molecule has 134 valence electrons. The molecule has 0 bridgehead atoms. The third-order valence-corrected chi connectivity index (χ3v) is 3.87. The number of aromatic nitrogens is 3. The molecule has 1 N–H and O–H groups in total.